The Kier molecular flexibility index (Phi) is 2.68. The number of pyridine rings is 1. The summed E-state index contributed by atoms with van der Waals surface area (Å²) in [5, 5.41) is 4.71. The number of aromatic nitrogens is 6. The van der Waals surface area contributed by atoms with Gasteiger partial charge < -0.3 is 4.98 Å². The van der Waals surface area contributed by atoms with Gasteiger partial charge in [0.1, 0.15) is 29.7 Å². The van der Waals surface area contributed by atoms with Crippen LogP contribution in [0.15, 0.2) is 18.7 Å². The fourth-order valence-corrected chi connectivity index (χ4v) is 1.94. The van der Waals surface area contributed by atoms with E-state index in [-0.39, 0.29) is 11.2 Å². The molecule has 18 heavy (non-hydrogen) atoms. The summed E-state index contributed by atoms with van der Waals surface area (Å²) < 4.78 is 1.70. The van der Waals surface area contributed by atoms with E-state index < -0.39 is 0 Å². The topological polar surface area (TPSA) is 72.3 Å². The van der Waals surface area contributed by atoms with Crippen LogP contribution in [0.3, 0.4) is 0 Å². The van der Waals surface area contributed by atoms with E-state index in [1.807, 2.05) is 6.92 Å². The van der Waals surface area contributed by atoms with Crippen LogP contribution in [0.5, 0.6) is 0 Å². The Hall–Kier alpha value is -1.66. The molecule has 0 radical (unpaired) electrons. The summed E-state index contributed by atoms with van der Waals surface area (Å²) in [6, 6.07) is 1.64. The number of nitrogens with zero attached hydrogens (tertiary/aromatic N) is 5. The van der Waals surface area contributed by atoms with Crippen LogP contribution < -0.4 is 0 Å². The van der Waals surface area contributed by atoms with Crippen molar-refractivity contribution < 1.29 is 0 Å². The molecule has 1 unspecified atom stereocenters. The van der Waals surface area contributed by atoms with Gasteiger partial charge in [-0.1, -0.05) is 23.2 Å². The molecule has 3 rings (SSSR count). The normalized spacial score (nSPS) is 13.1. The molecule has 1 atom stereocenters. The highest BCUT2D eigenvalue weighted by Crippen LogP contribution is 2.24. The zero-order chi connectivity index (χ0) is 12.7. The standard InChI is InChI=1S/C10H8Cl2N6/c1-5(18-4-13-3-14-18)9-15-7-2-6(11)8(12)16-10(7)17-9/h2-5H,1H3,(H,15,16,17). The molecule has 6 nitrogen and oxygen atoms in total. The smallest absolute Gasteiger partial charge is 0.179 e. The van der Waals surface area contributed by atoms with Gasteiger partial charge in [-0.25, -0.2) is 19.6 Å². The van der Waals surface area contributed by atoms with Crippen molar-refractivity contribution in [1.82, 2.24) is 29.7 Å². The first-order valence-electron chi connectivity index (χ1n) is 5.21. The van der Waals surface area contributed by atoms with Gasteiger partial charge in [0.15, 0.2) is 5.65 Å². The molecule has 1 N–H and O–H groups in total. The number of hydrogen-bond acceptors (Lipinski definition) is 4. The molecule has 0 aromatic carbocycles. The predicted molar refractivity (Wildman–Crippen MR) is 67.7 cm³/mol. The van der Waals surface area contributed by atoms with Gasteiger partial charge in [-0.3, -0.25) is 0 Å². The summed E-state index contributed by atoms with van der Waals surface area (Å²) in [5.74, 6) is 0.723. The third-order valence-electron chi connectivity index (χ3n) is 2.63. The maximum absolute atomic E-state index is 5.91. The van der Waals surface area contributed by atoms with Gasteiger partial charge in [0.2, 0.25) is 0 Å². The molecule has 0 fully saturated rings. The van der Waals surface area contributed by atoms with Crippen molar-refractivity contribution in [3.05, 3.63) is 34.7 Å². The van der Waals surface area contributed by atoms with Gasteiger partial charge in [0.05, 0.1) is 10.5 Å². The zero-order valence-electron chi connectivity index (χ0n) is 9.30. The van der Waals surface area contributed by atoms with Crippen molar-refractivity contribution in [2.45, 2.75) is 13.0 Å². The molecule has 3 heterocycles. The molecular weight excluding hydrogens is 275 g/mol. The molecule has 92 valence electrons. The number of H-pyrrole nitrogens is 1. The first-order chi connectivity index (χ1) is 8.65. The van der Waals surface area contributed by atoms with Crippen LogP contribution in [-0.2, 0) is 0 Å². The fraction of sp³-hybridized carbons (Fsp3) is 0.200. The van der Waals surface area contributed by atoms with Crippen LogP contribution in [0, 0.1) is 0 Å². The van der Waals surface area contributed by atoms with Gasteiger partial charge in [-0.2, -0.15) is 5.10 Å². The third kappa shape index (κ3) is 1.83. The van der Waals surface area contributed by atoms with Crippen LogP contribution in [0.1, 0.15) is 18.8 Å². The quantitative estimate of drug-likeness (QED) is 0.733. The summed E-state index contributed by atoms with van der Waals surface area (Å²) in [4.78, 5) is 15.5. The number of aromatic amines is 1. The Morgan fingerprint density at radius 3 is 2.89 bits per heavy atom. The van der Waals surface area contributed by atoms with Gasteiger partial charge in [0.25, 0.3) is 0 Å². The lowest BCUT2D eigenvalue weighted by molar-refractivity contribution is 0.540. The first-order valence-corrected chi connectivity index (χ1v) is 5.96. The predicted octanol–water partition coefficient (Wildman–Crippen LogP) is 2.47. The van der Waals surface area contributed by atoms with E-state index in [0.717, 1.165) is 11.3 Å². The van der Waals surface area contributed by atoms with Crippen LogP contribution in [0.4, 0.5) is 0 Å². The van der Waals surface area contributed by atoms with Crippen molar-refractivity contribution >= 4 is 34.4 Å². The summed E-state index contributed by atoms with van der Waals surface area (Å²) in [5.41, 5.74) is 1.28. The summed E-state index contributed by atoms with van der Waals surface area (Å²) in [6.45, 7) is 1.95. The minimum atomic E-state index is -0.0701. The number of hydrogen-bond donors (Lipinski definition) is 1. The van der Waals surface area contributed by atoms with Crippen molar-refractivity contribution in [3.8, 4) is 0 Å². The van der Waals surface area contributed by atoms with Crippen molar-refractivity contribution in [2.24, 2.45) is 0 Å². The summed E-state index contributed by atoms with van der Waals surface area (Å²) in [7, 11) is 0. The van der Waals surface area contributed by atoms with Crippen LogP contribution in [0.25, 0.3) is 11.2 Å². The molecule has 0 saturated carbocycles. The molecule has 8 heteroatoms. The summed E-state index contributed by atoms with van der Waals surface area (Å²) >= 11 is 11.8. The second-order valence-corrected chi connectivity index (χ2v) is 4.57. The monoisotopic (exact) mass is 282 g/mol. The van der Waals surface area contributed by atoms with E-state index >= 15 is 0 Å². The number of halogens is 2. The van der Waals surface area contributed by atoms with E-state index in [1.54, 1.807) is 17.1 Å². The Balaban J connectivity index is 2.08. The molecule has 0 spiro atoms. The highest BCUT2D eigenvalue weighted by Gasteiger charge is 2.15. The van der Waals surface area contributed by atoms with E-state index in [9.17, 15) is 0 Å². The Morgan fingerprint density at radius 2 is 2.17 bits per heavy atom. The molecule has 3 aromatic heterocycles. The number of rotatable bonds is 2. The lowest BCUT2D eigenvalue weighted by Crippen LogP contribution is -2.08. The van der Waals surface area contributed by atoms with Crippen LogP contribution in [0.2, 0.25) is 10.2 Å². The van der Waals surface area contributed by atoms with Crippen LogP contribution in [-0.4, -0.2) is 29.7 Å². The highest BCUT2D eigenvalue weighted by atomic mass is 35.5. The van der Waals surface area contributed by atoms with E-state index in [0.29, 0.717) is 10.7 Å². The van der Waals surface area contributed by atoms with Crippen molar-refractivity contribution in [1.29, 1.82) is 0 Å². The third-order valence-corrected chi connectivity index (χ3v) is 3.30. The largest absolute Gasteiger partial charge is 0.339 e. The Bertz CT molecular complexity index is 651. The van der Waals surface area contributed by atoms with Crippen LogP contribution >= 0.6 is 23.2 Å². The SMILES string of the molecule is CC(c1nc2nc(Cl)c(Cl)cc2[nH]1)n1cncn1. The van der Waals surface area contributed by atoms with Gasteiger partial charge in [-0.05, 0) is 13.0 Å². The molecule has 0 amide bonds. The number of nitrogens with one attached hydrogen (secondary N) is 1. The average molecular weight is 283 g/mol. The molecule has 0 aliphatic heterocycles. The number of imidazole rings is 1. The lowest BCUT2D eigenvalue weighted by Gasteiger charge is -2.06. The van der Waals surface area contributed by atoms with Crippen molar-refractivity contribution in [2.75, 3.05) is 0 Å². The molecule has 0 aliphatic carbocycles. The molecular formula is C10H8Cl2N6. The second-order valence-electron chi connectivity index (χ2n) is 3.81. The van der Waals surface area contributed by atoms with Gasteiger partial charge >= 0.3 is 0 Å². The second kappa shape index (κ2) is 4.22. The average Bonchev–Trinajstić information content (AvgIpc) is 2.97. The summed E-state index contributed by atoms with van der Waals surface area (Å²) in [6.07, 6.45) is 3.11. The Morgan fingerprint density at radius 1 is 1.33 bits per heavy atom. The Labute approximate surface area is 112 Å². The van der Waals surface area contributed by atoms with E-state index in [4.69, 9.17) is 23.2 Å². The molecule has 0 bridgehead atoms. The minimum Gasteiger partial charge on any atom is -0.339 e. The van der Waals surface area contributed by atoms with Crippen molar-refractivity contribution in [3.63, 3.8) is 0 Å². The first kappa shape index (κ1) is 11.4. The van der Waals surface area contributed by atoms with Gasteiger partial charge in [-0.15, -0.1) is 0 Å². The van der Waals surface area contributed by atoms with Gasteiger partial charge in [0, 0.05) is 0 Å². The fourth-order valence-electron chi connectivity index (χ4n) is 1.66. The molecule has 0 aliphatic rings. The van der Waals surface area contributed by atoms with E-state index in [1.165, 1.54) is 6.33 Å². The highest BCUT2D eigenvalue weighted by molar-refractivity contribution is 6.41. The minimum absolute atomic E-state index is 0.0701. The maximum atomic E-state index is 5.91. The molecule has 3 aromatic rings. The van der Waals surface area contributed by atoms with E-state index in [2.05, 4.69) is 25.0 Å². The number of fused-ring (bicyclic) bond motifs is 1. The zero-order valence-corrected chi connectivity index (χ0v) is 10.8. The maximum Gasteiger partial charge on any atom is 0.179 e. The lowest BCUT2D eigenvalue weighted by atomic mass is 10.3. The molecule has 0 saturated heterocycles.